The second kappa shape index (κ2) is 16.5. The second-order valence-corrected chi connectivity index (χ2v) is 6.27. The average molecular weight is 367 g/mol. The Morgan fingerprint density at radius 2 is 1.54 bits per heavy atom. The van der Waals surface area contributed by atoms with E-state index in [4.69, 9.17) is 4.74 Å². The van der Waals surface area contributed by atoms with Crippen molar-refractivity contribution in [3.63, 3.8) is 0 Å². The van der Waals surface area contributed by atoms with E-state index < -0.39 is 0 Å². The van der Waals surface area contributed by atoms with Crippen LogP contribution in [0.3, 0.4) is 0 Å². The highest BCUT2D eigenvalue weighted by Gasteiger charge is 2.09. The lowest BCUT2D eigenvalue weighted by Gasteiger charge is -2.02. The fourth-order valence-corrected chi connectivity index (χ4v) is 2.47. The van der Waals surface area contributed by atoms with Gasteiger partial charge in [0.15, 0.2) is 5.78 Å². The number of rotatable bonds is 16. The first-order chi connectivity index (χ1) is 12.5. The maximum absolute atomic E-state index is 11.6. The van der Waals surface area contributed by atoms with Crippen LogP contribution < -0.4 is 0 Å². The van der Waals surface area contributed by atoms with Crippen LogP contribution in [0.25, 0.3) is 0 Å². The van der Waals surface area contributed by atoms with Crippen molar-refractivity contribution in [2.75, 3.05) is 6.61 Å². The first kappa shape index (κ1) is 24.0. The molecule has 0 aliphatic heterocycles. The molecule has 0 aliphatic rings. The quantitative estimate of drug-likeness (QED) is 0.0940. The third kappa shape index (κ3) is 14.4. The molecule has 0 aromatic carbocycles. The van der Waals surface area contributed by atoms with Crippen LogP contribution in [0.15, 0.2) is 23.9 Å². The molecule has 0 heterocycles. The topological polar surface area (TPSA) is 86.5 Å². The zero-order valence-electron chi connectivity index (χ0n) is 16.2. The summed E-state index contributed by atoms with van der Waals surface area (Å²) in [6, 6.07) is 0. The maximum Gasteiger partial charge on any atom is 0.305 e. The highest BCUT2D eigenvalue weighted by atomic mass is 16.6. The van der Waals surface area contributed by atoms with Gasteiger partial charge in [0.05, 0.1) is 11.5 Å². The second-order valence-electron chi connectivity index (χ2n) is 6.27. The van der Waals surface area contributed by atoms with E-state index in [0.717, 1.165) is 51.4 Å². The van der Waals surface area contributed by atoms with E-state index in [1.54, 1.807) is 6.92 Å². The molecule has 0 bridgehead atoms. The standard InChI is InChI=1S/C20H33NO5/c1-3-5-9-15-19(22)16-12-14-18(21(24)25)13-10-7-6-8-11-17-20(23)26-4-2/h12,14,16H,3-11,13,15,17H2,1-2H3/b16-12+,18-14+. The highest BCUT2D eigenvalue weighted by Crippen LogP contribution is 2.13. The maximum atomic E-state index is 11.6. The van der Waals surface area contributed by atoms with Crippen molar-refractivity contribution in [2.24, 2.45) is 0 Å². The van der Waals surface area contributed by atoms with Gasteiger partial charge in [0.25, 0.3) is 0 Å². The minimum absolute atomic E-state index is 0.0130. The predicted octanol–water partition coefficient (Wildman–Crippen LogP) is 5.15. The minimum atomic E-state index is -0.382. The lowest BCUT2D eigenvalue weighted by molar-refractivity contribution is -0.428. The summed E-state index contributed by atoms with van der Waals surface area (Å²) in [5.74, 6) is -0.152. The summed E-state index contributed by atoms with van der Waals surface area (Å²) in [5, 5.41) is 11.1. The summed E-state index contributed by atoms with van der Waals surface area (Å²) in [4.78, 5) is 33.5. The van der Waals surface area contributed by atoms with Gasteiger partial charge in [-0.25, -0.2) is 0 Å². The molecule has 6 heteroatoms. The molecule has 0 aliphatic carbocycles. The van der Waals surface area contributed by atoms with Crippen LogP contribution in [0.5, 0.6) is 0 Å². The molecule has 26 heavy (non-hydrogen) atoms. The Hall–Kier alpha value is -1.98. The molecule has 0 rings (SSSR count). The Morgan fingerprint density at radius 3 is 2.15 bits per heavy atom. The molecule has 0 amide bonds. The molecule has 0 atom stereocenters. The van der Waals surface area contributed by atoms with Crippen LogP contribution in [-0.4, -0.2) is 23.3 Å². The Balaban J connectivity index is 4.00. The van der Waals surface area contributed by atoms with Gasteiger partial charge in [0.1, 0.15) is 0 Å². The monoisotopic (exact) mass is 367 g/mol. The summed E-state index contributed by atoms with van der Waals surface area (Å²) >= 11 is 0. The van der Waals surface area contributed by atoms with Gasteiger partial charge in [0.2, 0.25) is 5.70 Å². The molecule has 0 aromatic heterocycles. The van der Waals surface area contributed by atoms with Crippen molar-refractivity contribution in [2.45, 2.75) is 84.5 Å². The Morgan fingerprint density at radius 1 is 0.923 bits per heavy atom. The highest BCUT2D eigenvalue weighted by molar-refractivity contribution is 5.89. The van der Waals surface area contributed by atoms with E-state index >= 15 is 0 Å². The van der Waals surface area contributed by atoms with E-state index in [1.807, 2.05) is 0 Å². The van der Waals surface area contributed by atoms with Gasteiger partial charge in [-0.1, -0.05) is 45.1 Å². The summed E-state index contributed by atoms with van der Waals surface area (Å²) in [6.07, 6.45) is 12.9. The van der Waals surface area contributed by atoms with Crippen molar-refractivity contribution in [1.29, 1.82) is 0 Å². The molecule has 0 radical (unpaired) electrons. The first-order valence-corrected chi connectivity index (χ1v) is 9.71. The molecular weight excluding hydrogens is 334 g/mol. The van der Waals surface area contributed by atoms with Gasteiger partial charge in [0, 0.05) is 25.3 Å². The average Bonchev–Trinajstić information content (AvgIpc) is 2.59. The van der Waals surface area contributed by atoms with Crippen molar-refractivity contribution in [3.8, 4) is 0 Å². The molecule has 0 saturated heterocycles. The van der Waals surface area contributed by atoms with Crippen LogP contribution in [0, 0.1) is 10.1 Å². The Kier molecular flexibility index (Phi) is 15.2. The number of carbonyl (C=O) groups is 2. The van der Waals surface area contributed by atoms with Gasteiger partial charge in [-0.05, 0) is 32.3 Å². The summed E-state index contributed by atoms with van der Waals surface area (Å²) in [5.41, 5.74) is 0.133. The lowest BCUT2D eigenvalue weighted by Crippen LogP contribution is -2.03. The van der Waals surface area contributed by atoms with Gasteiger partial charge < -0.3 is 4.74 Å². The third-order valence-corrected chi connectivity index (χ3v) is 3.95. The molecule has 0 unspecified atom stereocenters. The molecule has 0 fully saturated rings. The molecular formula is C20H33NO5. The number of ether oxygens (including phenoxy) is 1. The summed E-state index contributed by atoms with van der Waals surface area (Å²) < 4.78 is 4.86. The van der Waals surface area contributed by atoms with Crippen LogP contribution in [-0.2, 0) is 14.3 Å². The van der Waals surface area contributed by atoms with Crippen molar-refractivity contribution in [3.05, 3.63) is 34.0 Å². The van der Waals surface area contributed by atoms with E-state index in [2.05, 4.69) is 6.92 Å². The fourth-order valence-electron chi connectivity index (χ4n) is 2.47. The minimum Gasteiger partial charge on any atom is -0.466 e. The normalized spacial score (nSPS) is 11.7. The number of nitrogens with zero attached hydrogens (tertiary/aromatic N) is 1. The Labute approximate surface area is 156 Å². The summed E-state index contributed by atoms with van der Waals surface area (Å²) in [6.45, 7) is 4.27. The van der Waals surface area contributed by atoms with Gasteiger partial charge in [-0.2, -0.15) is 0 Å². The SMILES string of the molecule is CCCCCC(=O)/C=C/C=C(\CCCCCCCC(=O)OCC)[N+](=O)[O-]. The van der Waals surface area contributed by atoms with Gasteiger partial charge >= 0.3 is 5.97 Å². The van der Waals surface area contributed by atoms with Crippen LogP contribution >= 0.6 is 0 Å². The molecule has 0 aromatic rings. The van der Waals surface area contributed by atoms with E-state index in [0.29, 0.717) is 25.9 Å². The fraction of sp³-hybridized carbons (Fsp3) is 0.700. The van der Waals surface area contributed by atoms with Crippen LogP contribution in [0.2, 0.25) is 0 Å². The largest absolute Gasteiger partial charge is 0.466 e. The van der Waals surface area contributed by atoms with Crippen LogP contribution in [0.1, 0.15) is 84.5 Å². The van der Waals surface area contributed by atoms with E-state index in [1.165, 1.54) is 18.2 Å². The van der Waals surface area contributed by atoms with Crippen molar-refractivity contribution < 1.29 is 19.2 Å². The van der Waals surface area contributed by atoms with Crippen LogP contribution in [0.4, 0.5) is 0 Å². The number of unbranched alkanes of at least 4 members (excludes halogenated alkanes) is 6. The molecule has 0 spiro atoms. The van der Waals surface area contributed by atoms with Crippen molar-refractivity contribution >= 4 is 11.8 Å². The molecule has 0 N–H and O–H groups in total. The molecule has 6 nitrogen and oxygen atoms in total. The van der Waals surface area contributed by atoms with E-state index in [9.17, 15) is 19.7 Å². The van der Waals surface area contributed by atoms with Gasteiger partial charge in [-0.15, -0.1) is 0 Å². The zero-order chi connectivity index (χ0) is 19.6. The smallest absolute Gasteiger partial charge is 0.305 e. The number of ketones is 1. The number of hydrogen-bond acceptors (Lipinski definition) is 5. The lowest BCUT2D eigenvalue weighted by atomic mass is 10.1. The number of hydrogen-bond donors (Lipinski definition) is 0. The van der Waals surface area contributed by atoms with Crippen molar-refractivity contribution in [1.82, 2.24) is 0 Å². The molecule has 148 valence electrons. The first-order valence-electron chi connectivity index (χ1n) is 9.71. The molecule has 0 saturated carbocycles. The number of carbonyl (C=O) groups excluding carboxylic acids is 2. The van der Waals surface area contributed by atoms with Gasteiger partial charge in [-0.3, -0.25) is 19.7 Å². The zero-order valence-corrected chi connectivity index (χ0v) is 16.2. The third-order valence-electron chi connectivity index (χ3n) is 3.95. The van der Waals surface area contributed by atoms with E-state index in [-0.39, 0.29) is 22.4 Å². The Bertz CT molecular complexity index is 483. The number of esters is 1. The predicted molar refractivity (Wildman–Crippen MR) is 102 cm³/mol. The number of nitro groups is 1. The summed E-state index contributed by atoms with van der Waals surface area (Å²) in [7, 11) is 0. The number of allylic oxidation sites excluding steroid dienone is 4.